The number of ketones is 1. The molecule has 0 aliphatic heterocycles. The Hall–Kier alpha value is -1.20. The van der Waals surface area contributed by atoms with Gasteiger partial charge >= 0.3 is 0 Å². The fourth-order valence-corrected chi connectivity index (χ4v) is 2.42. The van der Waals surface area contributed by atoms with Gasteiger partial charge in [0.2, 0.25) is 0 Å². The predicted octanol–water partition coefficient (Wildman–Crippen LogP) is 5.35. The Labute approximate surface area is 126 Å². The number of carbonyl (C=O) groups is 1. The van der Waals surface area contributed by atoms with E-state index in [1.165, 1.54) is 19.1 Å². The van der Waals surface area contributed by atoms with E-state index in [0.717, 1.165) is 0 Å². The van der Waals surface area contributed by atoms with Gasteiger partial charge in [-0.25, -0.2) is 4.39 Å². The highest BCUT2D eigenvalue weighted by Gasteiger charge is 2.08. The summed E-state index contributed by atoms with van der Waals surface area (Å²) in [5.41, 5.74) is 0.583. The first-order valence-corrected chi connectivity index (χ1v) is 6.99. The molecule has 0 spiro atoms. The molecule has 0 radical (unpaired) electrons. The van der Waals surface area contributed by atoms with Crippen molar-refractivity contribution in [3.8, 4) is 11.5 Å². The summed E-state index contributed by atoms with van der Waals surface area (Å²) in [6, 6.07) is 9.30. The van der Waals surface area contributed by atoms with Crippen molar-refractivity contribution in [3.63, 3.8) is 0 Å². The Morgan fingerprint density at radius 1 is 1.16 bits per heavy atom. The van der Waals surface area contributed by atoms with Gasteiger partial charge in [-0.2, -0.15) is 0 Å². The summed E-state index contributed by atoms with van der Waals surface area (Å²) in [5.74, 6) is 0.479. The first-order chi connectivity index (χ1) is 8.95. The molecule has 0 N–H and O–H groups in total. The summed E-state index contributed by atoms with van der Waals surface area (Å²) >= 11 is 6.53. The molecular formula is C14H9Br2FO2. The van der Waals surface area contributed by atoms with E-state index < -0.39 is 0 Å². The summed E-state index contributed by atoms with van der Waals surface area (Å²) in [5, 5.41) is 0. The molecule has 0 fully saturated rings. The number of rotatable bonds is 3. The van der Waals surface area contributed by atoms with Gasteiger partial charge in [0.25, 0.3) is 0 Å². The van der Waals surface area contributed by atoms with Crippen LogP contribution in [0.2, 0.25) is 0 Å². The molecule has 19 heavy (non-hydrogen) atoms. The van der Waals surface area contributed by atoms with Crippen molar-refractivity contribution in [2.75, 3.05) is 0 Å². The summed E-state index contributed by atoms with van der Waals surface area (Å²) in [4.78, 5) is 11.2. The van der Waals surface area contributed by atoms with Crippen molar-refractivity contribution < 1.29 is 13.9 Å². The second-order valence-corrected chi connectivity index (χ2v) is 5.68. The minimum Gasteiger partial charge on any atom is -0.456 e. The van der Waals surface area contributed by atoms with E-state index in [4.69, 9.17) is 4.74 Å². The smallest absolute Gasteiger partial charge is 0.159 e. The predicted molar refractivity (Wildman–Crippen MR) is 78.3 cm³/mol. The van der Waals surface area contributed by atoms with Gasteiger partial charge in [-0.1, -0.05) is 15.9 Å². The number of hydrogen-bond acceptors (Lipinski definition) is 2. The summed E-state index contributed by atoms with van der Waals surface area (Å²) in [6.07, 6.45) is 0. The maximum absolute atomic E-state index is 13.2. The van der Waals surface area contributed by atoms with Crippen LogP contribution in [-0.2, 0) is 0 Å². The molecule has 2 nitrogen and oxygen atoms in total. The molecule has 0 bridgehead atoms. The average molecular weight is 388 g/mol. The van der Waals surface area contributed by atoms with Crippen LogP contribution in [0.1, 0.15) is 17.3 Å². The van der Waals surface area contributed by atoms with Crippen molar-refractivity contribution in [2.24, 2.45) is 0 Å². The zero-order chi connectivity index (χ0) is 14.0. The second kappa shape index (κ2) is 5.84. The third-order valence-electron chi connectivity index (χ3n) is 2.40. The molecule has 2 aromatic rings. The third kappa shape index (κ3) is 3.64. The normalized spacial score (nSPS) is 10.3. The number of hydrogen-bond donors (Lipinski definition) is 0. The summed E-state index contributed by atoms with van der Waals surface area (Å²) < 4.78 is 20.0. The molecule has 0 aliphatic rings. The van der Waals surface area contributed by atoms with Crippen LogP contribution in [0.5, 0.6) is 11.5 Å². The van der Waals surface area contributed by atoms with Crippen LogP contribution in [0.15, 0.2) is 45.3 Å². The minimum absolute atomic E-state index is 0.0271. The molecule has 0 aromatic heterocycles. The van der Waals surface area contributed by atoms with E-state index in [1.54, 1.807) is 24.3 Å². The molecule has 0 unspecified atom stereocenters. The summed E-state index contributed by atoms with van der Waals surface area (Å²) in [7, 11) is 0. The SMILES string of the molecule is CC(=O)c1ccc(Oc2cc(F)cc(Br)c2)c(Br)c1. The van der Waals surface area contributed by atoms with E-state index in [0.29, 0.717) is 26.0 Å². The van der Waals surface area contributed by atoms with E-state index in [1.807, 2.05) is 0 Å². The number of carbonyl (C=O) groups excluding carboxylic acids is 1. The van der Waals surface area contributed by atoms with Gasteiger partial charge < -0.3 is 4.74 Å². The van der Waals surface area contributed by atoms with Gasteiger partial charge in [-0.05, 0) is 53.2 Å². The number of Topliss-reactive ketones (excluding diaryl/α,β-unsaturated/α-hetero) is 1. The van der Waals surface area contributed by atoms with E-state index in [-0.39, 0.29) is 11.6 Å². The van der Waals surface area contributed by atoms with Crippen LogP contribution >= 0.6 is 31.9 Å². The highest BCUT2D eigenvalue weighted by atomic mass is 79.9. The quantitative estimate of drug-likeness (QED) is 0.664. The molecule has 0 heterocycles. The van der Waals surface area contributed by atoms with Crippen LogP contribution in [-0.4, -0.2) is 5.78 Å². The Bertz CT molecular complexity index is 621. The standard InChI is InChI=1S/C14H9Br2FO2/c1-8(18)9-2-3-14(13(16)4-9)19-12-6-10(15)5-11(17)7-12/h2-7H,1H3. The Morgan fingerprint density at radius 2 is 1.89 bits per heavy atom. The van der Waals surface area contributed by atoms with Crippen molar-refractivity contribution in [1.82, 2.24) is 0 Å². The molecular weight excluding hydrogens is 379 g/mol. The van der Waals surface area contributed by atoms with Gasteiger partial charge in [-0.3, -0.25) is 4.79 Å². The molecule has 2 aromatic carbocycles. The minimum atomic E-state index is -0.388. The third-order valence-corrected chi connectivity index (χ3v) is 3.48. The van der Waals surface area contributed by atoms with E-state index in [9.17, 15) is 9.18 Å². The van der Waals surface area contributed by atoms with E-state index >= 15 is 0 Å². The van der Waals surface area contributed by atoms with Gasteiger partial charge in [-0.15, -0.1) is 0 Å². The lowest BCUT2D eigenvalue weighted by Gasteiger charge is -2.09. The summed E-state index contributed by atoms with van der Waals surface area (Å²) in [6.45, 7) is 1.49. The maximum atomic E-state index is 13.2. The van der Waals surface area contributed by atoms with Gasteiger partial charge in [0.05, 0.1) is 4.47 Å². The lowest BCUT2D eigenvalue weighted by Crippen LogP contribution is -1.93. The second-order valence-electron chi connectivity index (χ2n) is 3.91. The fourth-order valence-electron chi connectivity index (χ4n) is 1.52. The molecule has 0 saturated carbocycles. The van der Waals surface area contributed by atoms with Crippen molar-refractivity contribution in [2.45, 2.75) is 6.92 Å². The fraction of sp³-hybridized carbons (Fsp3) is 0.0714. The lowest BCUT2D eigenvalue weighted by atomic mass is 10.1. The molecule has 2 rings (SSSR count). The van der Waals surface area contributed by atoms with Gasteiger partial charge in [0.1, 0.15) is 17.3 Å². The first kappa shape index (κ1) is 14.2. The molecule has 0 saturated heterocycles. The lowest BCUT2D eigenvalue weighted by molar-refractivity contribution is 0.101. The van der Waals surface area contributed by atoms with Crippen LogP contribution in [0, 0.1) is 5.82 Å². The van der Waals surface area contributed by atoms with Crippen molar-refractivity contribution in [1.29, 1.82) is 0 Å². The topological polar surface area (TPSA) is 26.3 Å². The largest absolute Gasteiger partial charge is 0.456 e. The highest BCUT2D eigenvalue weighted by Crippen LogP contribution is 2.32. The Kier molecular flexibility index (Phi) is 4.37. The van der Waals surface area contributed by atoms with Gasteiger partial charge in [0, 0.05) is 16.1 Å². The molecule has 0 amide bonds. The van der Waals surface area contributed by atoms with Gasteiger partial charge in [0.15, 0.2) is 5.78 Å². The van der Waals surface area contributed by atoms with E-state index in [2.05, 4.69) is 31.9 Å². The highest BCUT2D eigenvalue weighted by molar-refractivity contribution is 9.10. The number of ether oxygens (including phenoxy) is 1. The zero-order valence-electron chi connectivity index (χ0n) is 9.91. The van der Waals surface area contributed by atoms with Crippen molar-refractivity contribution in [3.05, 3.63) is 56.7 Å². The number of halogens is 3. The molecule has 5 heteroatoms. The van der Waals surface area contributed by atoms with Crippen LogP contribution in [0.3, 0.4) is 0 Å². The monoisotopic (exact) mass is 386 g/mol. The average Bonchev–Trinajstić information content (AvgIpc) is 2.30. The van der Waals surface area contributed by atoms with Crippen LogP contribution in [0.25, 0.3) is 0 Å². The van der Waals surface area contributed by atoms with Crippen LogP contribution < -0.4 is 4.74 Å². The Balaban J connectivity index is 2.30. The first-order valence-electron chi connectivity index (χ1n) is 5.40. The molecule has 0 atom stereocenters. The van der Waals surface area contributed by atoms with Crippen LogP contribution in [0.4, 0.5) is 4.39 Å². The number of benzene rings is 2. The van der Waals surface area contributed by atoms with Crippen molar-refractivity contribution >= 4 is 37.6 Å². The molecule has 0 aliphatic carbocycles. The zero-order valence-corrected chi connectivity index (χ0v) is 13.1. The maximum Gasteiger partial charge on any atom is 0.159 e. The Morgan fingerprint density at radius 3 is 2.47 bits per heavy atom. The molecule has 98 valence electrons.